The van der Waals surface area contributed by atoms with Gasteiger partial charge in [0.05, 0.1) is 11.3 Å². The maximum Gasteiger partial charge on any atom is 0.317 e. The average molecular weight is 461 g/mol. The zero-order valence-electron chi connectivity index (χ0n) is 19.9. The van der Waals surface area contributed by atoms with Crippen LogP contribution in [-0.4, -0.2) is 79.3 Å². The molecular weight excluding hydrogens is 423 g/mol. The lowest BCUT2D eigenvalue weighted by Crippen LogP contribution is -2.54. The van der Waals surface area contributed by atoms with Crippen molar-refractivity contribution in [3.05, 3.63) is 30.1 Å². The number of carbonyl (C=O) groups is 2. The molecule has 1 unspecified atom stereocenters. The Labute approximate surface area is 196 Å². The third kappa shape index (κ3) is 5.78. The van der Waals surface area contributed by atoms with Crippen LogP contribution < -0.4 is 10.2 Å². The van der Waals surface area contributed by atoms with Gasteiger partial charge in [-0.2, -0.15) is 0 Å². The van der Waals surface area contributed by atoms with E-state index in [4.69, 9.17) is 4.74 Å². The predicted molar refractivity (Wildman–Crippen MR) is 126 cm³/mol. The third-order valence-electron chi connectivity index (χ3n) is 7.26. The van der Waals surface area contributed by atoms with Crippen LogP contribution in [0.15, 0.2) is 24.3 Å². The Morgan fingerprint density at radius 3 is 2.45 bits per heavy atom. The summed E-state index contributed by atoms with van der Waals surface area (Å²) in [6.07, 6.45) is 3.98. The maximum absolute atomic E-state index is 14.1. The minimum Gasteiger partial charge on any atom is -0.375 e. The standard InChI is InChI=1S/C25H37FN4O3/c1-19(2)27-24(32)30-10-8-25(9-11-30)18-20(7-16-33-25)17-23(31)29-14-12-28(13-15-29)22-6-4-3-5-21(22)26/h3-6,19-20H,7-18H2,1-2H3,(H,27,32). The fraction of sp³-hybridized carbons (Fsp3) is 0.680. The Hall–Kier alpha value is -2.35. The lowest BCUT2D eigenvalue weighted by Gasteiger charge is -2.46. The molecule has 8 heteroatoms. The van der Waals surface area contributed by atoms with Crippen LogP contribution >= 0.6 is 0 Å². The van der Waals surface area contributed by atoms with E-state index in [0.717, 1.165) is 25.7 Å². The molecule has 0 aliphatic carbocycles. The molecule has 0 saturated carbocycles. The SMILES string of the molecule is CC(C)NC(=O)N1CCC2(CC1)CC(CC(=O)N1CCN(c3ccccc3F)CC1)CCO2. The number of halogens is 1. The molecule has 1 atom stereocenters. The fourth-order valence-electron chi connectivity index (χ4n) is 5.39. The van der Waals surface area contributed by atoms with Gasteiger partial charge in [0.25, 0.3) is 0 Å². The molecule has 3 heterocycles. The number of piperidine rings is 1. The highest BCUT2D eigenvalue weighted by Crippen LogP contribution is 2.39. The van der Waals surface area contributed by atoms with E-state index in [1.54, 1.807) is 12.1 Å². The number of amides is 3. The summed E-state index contributed by atoms with van der Waals surface area (Å²) < 4.78 is 20.3. The monoisotopic (exact) mass is 460 g/mol. The van der Waals surface area contributed by atoms with Crippen molar-refractivity contribution in [2.75, 3.05) is 50.8 Å². The number of carbonyl (C=O) groups excluding carboxylic acids is 2. The van der Waals surface area contributed by atoms with Crippen molar-refractivity contribution in [2.45, 2.75) is 57.6 Å². The highest BCUT2D eigenvalue weighted by molar-refractivity contribution is 5.77. The Kier molecular flexibility index (Phi) is 7.41. The van der Waals surface area contributed by atoms with Crippen molar-refractivity contribution in [3.63, 3.8) is 0 Å². The number of rotatable bonds is 4. The lowest BCUT2D eigenvalue weighted by atomic mass is 9.78. The summed E-state index contributed by atoms with van der Waals surface area (Å²) >= 11 is 0. The molecule has 0 aromatic heterocycles. The van der Waals surface area contributed by atoms with Gasteiger partial charge >= 0.3 is 6.03 Å². The van der Waals surface area contributed by atoms with E-state index in [1.807, 2.05) is 34.6 Å². The van der Waals surface area contributed by atoms with E-state index < -0.39 is 0 Å². The zero-order chi connectivity index (χ0) is 23.4. The Morgan fingerprint density at radius 1 is 1.09 bits per heavy atom. The van der Waals surface area contributed by atoms with Gasteiger partial charge in [-0.1, -0.05) is 12.1 Å². The largest absolute Gasteiger partial charge is 0.375 e. The number of benzene rings is 1. The second-order valence-electron chi connectivity index (χ2n) is 10.0. The second kappa shape index (κ2) is 10.3. The van der Waals surface area contributed by atoms with Gasteiger partial charge in [-0.05, 0) is 57.6 Å². The molecule has 33 heavy (non-hydrogen) atoms. The molecule has 182 valence electrons. The molecule has 3 aliphatic rings. The predicted octanol–water partition coefficient (Wildman–Crippen LogP) is 3.24. The number of urea groups is 1. The van der Waals surface area contributed by atoms with Crippen molar-refractivity contribution in [2.24, 2.45) is 5.92 Å². The van der Waals surface area contributed by atoms with Gasteiger partial charge in [-0.15, -0.1) is 0 Å². The van der Waals surface area contributed by atoms with Gasteiger partial charge in [-0.3, -0.25) is 4.79 Å². The fourth-order valence-corrected chi connectivity index (χ4v) is 5.39. The average Bonchev–Trinajstić information content (AvgIpc) is 2.79. The summed E-state index contributed by atoms with van der Waals surface area (Å²) in [6, 6.07) is 6.95. The molecule has 3 fully saturated rings. The van der Waals surface area contributed by atoms with Gasteiger partial charge in [-0.25, -0.2) is 9.18 Å². The number of hydrogen-bond acceptors (Lipinski definition) is 4. The topological polar surface area (TPSA) is 65.1 Å². The summed E-state index contributed by atoms with van der Waals surface area (Å²) in [4.78, 5) is 31.1. The first-order chi connectivity index (χ1) is 15.8. The van der Waals surface area contributed by atoms with E-state index in [2.05, 4.69) is 5.32 Å². The van der Waals surface area contributed by atoms with Crippen molar-refractivity contribution in [1.82, 2.24) is 15.1 Å². The maximum atomic E-state index is 14.1. The molecule has 1 N–H and O–H groups in total. The van der Waals surface area contributed by atoms with Gasteiger partial charge in [0, 0.05) is 58.3 Å². The molecule has 4 rings (SSSR count). The molecule has 3 amide bonds. The minimum absolute atomic E-state index is 0.00286. The van der Waals surface area contributed by atoms with Crippen LogP contribution in [0.5, 0.6) is 0 Å². The number of likely N-dealkylation sites (tertiary alicyclic amines) is 1. The lowest BCUT2D eigenvalue weighted by molar-refractivity contribution is -0.140. The van der Waals surface area contributed by atoms with Crippen molar-refractivity contribution < 1.29 is 18.7 Å². The third-order valence-corrected chi connectivity index (χ3v) is 7.26. The van der Waals surface area contributed by atoms with E-state index >= 15 is 0 Å². The first-order valence-corrected chi connectivity index (χ1v) is 12.3. The van der Waals surface area contributed by atoms with Gasteiger partial charge in [0.1, 0.15) is 5.82 Å². The molecule has 7 nitrogen and oxygen atoms in total. The quantitative estimate of drug-likeness (QED) is 0.749. The minimum atomic E-state index is -0.211. The summed E-state index contributed by atoms with van der Waals surface area (Å²) in [7, 11) is 0. The Morgan fingerprint density at radius 2 is 1.79 bits per heavy atom. The number of para-hydroxylation sites is 1. The summed E-state index contributed by atoms with van der Waals surface area (Å²) in [5, 5.41) is 2.96. The van der Waals surface area contributed by atoms with Crippen LogP contribution in [0.25, 0.3) is 0 Å². The number of nitrogens with zero attached hydrogens (tertiary/aromatic N) is 3. The van der Waals surface area contributed by atoms with Gasteiger partial charge in [0.2, 0.25) is 5.91 Å². The van der Waals surface area contributed by atoms with E-state index in [9.17, 15) is 14.0 Å². The number of ether oxygens (including phenoxy) is 1. The van der Waals surface area contributed by atoms with Crippen LogP contribution in [0.1, 0.15) is 46.0 Å². The molecule has 0 bridgehead atoms. The number of anilines is 1. The van der Waals surface area contributed by atoms with Crippen LogP contribution in [0.4, 0.5) is 14.9 Å². The van der Waals surface area contributed by atoms with Crippen molar-refractivity contribution in [1.29, 1.82) is 0 Å². The molecule has 1 aromatic carbocycles. The summed E-state index contributed by atoms with van der Waals surface area (Å²) in [6.45, 7) is 8.55. The zero-order valence-corrected chi connectivity index (χ0v) is 19.9. The Bertz CT molecular complexity index is 833. The summed E-state index contributed by atoms with van der Waals surface area (Å²) in [5.74, 6) is 0.295. The van der Waals surface area contributed by atoms with E-state index in [-0.39, 0.29) is 29.4 Å². The molecule has 3 aliphatic heterocycles. The van der Waals surface area contributed by atoms with Gasteiger partial charge < -0.3 is 24.8 Å². The number of nitrogens with one attached hydrogen (secondary N) is 1. The second-order valence-corrected chi connectivity index (χ2v) is 10.0. The van der Waals surface area contributed by atoms with Gasteiger partial charge in [0.15, 0.2) is 0 Å². The normalized spacial score (nSPS) is 23.2. The van der Waals surface area contributed by atoms with Crippen LogP contribution in [-0.2, 0) is 9.53 Å². The van der Waals surface area contributed by atoms with Crippen molar-refractivity contribution in [3.8, 4) is 0 Å². The van der Waals surface area contributed by atoms with Crippen LogP contribution in [0, 0.1) is 11.7 Å². The highest BCUT2D eigenvalue weighted by atomic mass is 19.1. The first-order valence-electron chi connectivity index (χ1n) is 12.3. The van der Waals surface area contributed by atoms with Crippen molar-refractivity contribution >= 4 is 17.6 Å². The molecule has 0 radical (unpaired) electrons. The smallest absolute Gasteiger partial charge is 0.317 e. The van der Waals surface area contributed by atoms with E-state index in [0.29, 0.717) is 63.9 Å². The Balaban J connectivity index is 1.25. The molecule has 1 spiro atoms. The number of hydrogen-bond donors (Lipinski definition) is 1. The van der Waals surface area contributed by atoms with E-state index in [1.165, 1.54) is 6.07 Å². The summed E-state index contributed by atoms with van der Waals surface area (Å²) in [5.41, 5.74) is 0.408. The highest BCUT2D eigenvalue weighted by Gasteiger charge is 2.42. The number of piperazine rings is 1. The van der Waals surface area contributed by atoms with Crippen LogP contribution in [0.2, 0.25) is 0 Å². The van der Waals surface area contributed by atoms with Crippen LogP contribution in [0.3, 0.4) is 0 Å². The molecule has 1 aromatic rings. The molecule has 3 saturated heterocycles. The molecular formula is C25H37FN4O3. The first kappa shape index (κ1) is 23.8.